The molecule has 0 saturated heterocycles. The van der Waals surface area contributed by atoms with Gasteiger partial charge in [0.2, 0.25) is 0 Å². The maximum Gasteiger partial charge on any atom is 0.185 e. The van der Waals surface area contributed by atoms with Gasteiger partial charge in [-0.25, -0.2) is 0 Å². The van der Waals surface area contributed by atoms with Gasteiger partial charge in [0, 0.05) is 5.56 Å². The highest BCUT2D eigenvalue weighted by Crippen LogP contribution is 2.33. The summed E-state index contributed by atoms with van der Waals surface area (Å²) in [5.74, 6) is 0.00321. The van der Waals surface area contributed by atoms with Crippen LogP contribution in [0.25, 0.3) is 6.08 Å². The van der Waals surface area contributed by atoms with Gasteiger partial charge in [0.1, 0.15) is 11.5 Å². The summed E-state index contributed by atoms with van der Waals surface area (Å²) >= 11 is 9.59. The third-order valence-corrected chi connectivity index (χ3v) is 4.54. The molecule has 0 saturated carbocycles. The van der Waals surface area contributed by atoms with E-state index in [-0.39, 0.29) is 17.3 Å². The number of carbonyl (C=O) groups is 1. The Hall–Kier alpha value is -1.11. The van der Waals surface area contributed by atoms with Gasteiger partial charge in [0.05, 0.1) is 13.4 Å². The number of phenolic OH excluding ortho intramolecular Hbond substituents is 2. The molecule has 0 spiro atoms. The van der Waals surface area contributed by atoms with Crippen molar-refractivity contribution in [3.63, 3.8) is 0 Å². The maximum absolute atomic E-state index is 12.1. The molecule has 0 fully saturated rings. The second-order valence-corrected chi connectivity index (χ2v) is 6.76. The minimum absolute atomic E-state index is 0.0537. The molecular weight excluding hydrogens is 468 g/mol. The molecule has 0 heterocycles. The van der Waals surface area contributed by atoms with Crippen molar-refractivity contribution in [2.75, 3.05) is 0 Å². The van der Waals surface area contributed by atoms with Gasteiger partial charge in [-0.3, -0.25) is 4.79 Å². The number of rotatable bonds is 3. The Bertz CT molecular complexity index is 716. The first-order chi connectivity index (χ1) is 9.88. The lowest BCUT2D eigenvalue weighted by Crippen LogP contribution is -1.94. The molecule has 0 aromatic heterocycles. The molecule has 2 N–H and O–H groups in total. The molecule has 108 valence electrons. The van der Waals surface area contributed by atoms with Crippen LogP contribution >= 0.6 is 47.8 Å². The summed E-state index contributed by atoms with van der Waals surface area (Å²) in [6.07, 6.45) is 3.09. The number of halogens is 3. The van der Waals surface area contributed by atoms with Crippen LogP contribution in [0.4, 0.5) is 0 Å². The number of hydrogen-bond donors (Lipinski definition) is 2. The summed E-state index contributed by atoms with van der Waals surface area (Å²) in [6, 6.07) is 8.06. The Labute approximate surface area is 146 Å². The highest BCUT2D eigenvalue weighted by molar-refractivity contribution is 9.11. The molecular formula is C15H9Br3O3. The van der Waals surface area contributed by atoms with Crippen LogP contribution in [0.3, 0.4) is 0 Å². The summed E-state index contributed by atoms with van der Waals surface area (Å²) in [5, 5.41) is 19.0. The van der Waals surface area contributed by atoms with E-state index >= 15 is 0 Å². The van der Waals surface area contributed by atoms with Crippen molar-refractivity contribution in [3.05, 3.63) is 61.0 Å². The molecule has 0 amide bonds. The van der Waals surface area contributed by atoms with Crippen LogP contribution in [-0.2, 0) is 0 Å². The molecule has 6 heteroatoms. The summed E-state index contributed by atoms with van der Waals surface area (Å²) in [4.78, 5) is 12.1. The van der Waals surface area contributed by atoms with Crippen molar-refractivity contribution in [1.29, 1.82) is 0 Å². The minimum Gasteiger partial charge on any atom is -0.507 e. The summed E-state index contributed by atoms with van der Waals surface area (Å²) in [5.41, 5.74) is 1.23. The number of carbonyl (C=O) groups excluding carboxylic acids is 1. The Kier molecular flexibility index (Phi) is 5.24. The third-order valence-electron chi connectivity index (χ3n) is 2.70. The van der Waals surface area contributed by atoms with E-state index in [1.165, 1.54) is 6.08 Å². The lowest BCUT2D eigenvalue weighted by atomic mass is 10.1. The lowest BCUT2D eigenvalue weighted by molar-refractivity contribution is 0.104. The van der Waals surface area contributed by atoms with E-state index in [9.17, 15) is 15.0 Å². The monoisotopic (exact) mass is 474 g/mol. The van der Waals surface area contributed by atoms with E-state index in [2.05, 4.69) is 47.8 Å². The first-order valence-electron chi connectivity index (χ1n) is 5.77. The zero-order chi connectivity index (χ0) is 15.6. The number of benzene rings is 2. The Balaban J connectivity index is 2.25. The van der Waals surface area contributed by atoms with Crippen molar-refractivity contribution < 1.29 is 15.0 Å². The van der Waals surface area contributed by atoms with Crippen molar-refractivity contribution in [3.8, 4) is 11.5 Å². The minimum atomic E-state index is -0.194. The van der Waals surface area contributed by atoms with Gasteiger partial charge < -0.3 is 10.2 Å². The number of ketones is 1. The average molecular weight is 477 g/mol. The summed E-state index contributed by atoms with van der Waals surface area (Å²) in [6.45, 7) is 0. The number of allylic oxidation sites excluding steroid dienone is 1. The van der Waals surface area contributed by atoms with Crippen LogP contribution < -0.4 is 0 Å². The number of phenols is 2. The molecule has 0 aliphatic heterocycles. The Morgan fingerprint density at radius 1 is 0.952 bits per heavy atom. The second kappa shape index (κ2) is 6.77. The van der Waals surface area contributed by atoms with Gasteiger partial charge >= 0.3 is 0 Å². The van der Waals surface area contributed by atoms with Crippen LogP contribution in [0.1, 0.15) is 15.9 Å². The fourth-order valence-electron chi connectivity index (χ4n) is 1.60. The van der Waals surface area contributed by atoms with Crippen LogP contribution in [0, 0.1) is 0 Å². The Morgan fingerprint density at radius 2 is 1.57 bits per heavy atom. The fourth-order valence-corrected chi connectivity index (χ4v) is 3.19. The fraction of sp³-hybridized carbons (Fsp3) is 0. The third kappa shape index (κ3) is 3.96. The molecule has 0 atom stereocenters. The van der Waals surface area contributed by atoms with E-state index in [0.29, 0.717) is 19.0 Å². The van der Waals surface area contributed by atoms with Gasteiger partial charge in [0.25, 0.3) is 0 Å². The average Bonchev–Trinajstić information content (AvgIpc) is 2.45. The molecule has 2 aromatic carbocycles. The molecule has 0 aliphatic rings. The van der Waals surface area contributed by atoms with E-state index in [1.807, 2.05) is 0 Å². The zero-order valence-corrected chi connectivity index (χ0v) is 15.2. The van der Waals surface area contributed by atoms with E-state index in [0.717, 1.165) is 5.56 Å². The van der Waals surface area contributed by atoms with E-state index in [4.69, 9.17) is 0 Å². The van der Waals surface area contributed by atoms with Gasteiger partial charge in [-0.2, -0.15) is 0 Å². The van der Waals surface area contributed by atoms with Gasteiger partial charge in [-0.05, 0) is 83.7 Å². The van der Waals surface area contributed by atoms with Gasteiger partial charge in [-0.15, -0.1) is 0 Å². The predicted octanol–water partition coefficient (Wildman–Crippen LogP) is 5.28. The zero-order valence-electron chi connectivity index (χ0n) is 10.5. The predicted molar refractivity (Wildman–Crippen MR) is 92.7 cm³/mol. The van der Waals surface area contributed by atoms with Crippen molar-refractivity contribution in [2.24, 2.45) is 0 Å². The van der Waals surface area contributed by atoms with Crippen LogP contribution in [-0.4, -0.2) is 16.0 Å². The van der Waals surface area contributed by atoms with Crippen molar-refractivity contribution in [1.82, 2.24) is 0 Å². The molecule has 0 unspecified atom stereocenters. The topological polar surface area (TPSA) is 57.5 Å². The first kappa shape index (κ1) is 16.3. The smallest absolute Gasteiger partial charge is 0.185 e. The molecule has 0 bridgehead atoms. The van der Waals surface area contributed by atoms with Crippen molar-refractivity contribution >= 4 is 59.6 Å². The van der Waals surface area contributed by atoms with Crippen molar-refractivity contribution in [2.45, 2.75) is 0 Å². The molecule has 0 radical (unpaired) electrons. The summed E-state index contributed by atoms with van der Waals surface area (Å²) < 4.78 is 1.45. The molecule has 3 nitrogen and oxygen atoms in total. The second-order valence-electron chi connectivity index (χ2n) is 4.20. The van der Waals surface area contributed by atoms with E-state index in [1.54, 1.807) is 36.4 Å². The maximum atomic E-state index is 12.1. The molecule has 2 aromatic rings. The molecule has 0 aliphatic carbocycles. The van der Waals surface area contributed by atoms with Crippen LogP contribution in [0.15, 0.2) is 49.8 Å². The summed E-state index contributed by atoms with van der Waals surface area (Å²) in [7, 11) is 0. The van der Waals surface area contributed by atoms with Crippen LogP contribution in [0.2, 0.25) is 0 Å². The van der Waals surface area contributed by atoms with E-state index < -0.39 is 0 Å². The normalized spacial score (nSPS) is 11.0. The lowest BCUT2D eigenvalue weighted by Gasteiger charge is -2.03. The Morgan fingerprint density at radius 3 is 2.14 bits per heavy atom. The largest absolute Gasteiger partial charge is 0.507 e. The molecule has 2 rings (SSSR count). The SMILES string of the molecule is O=C(/C=C/c1ccc(O)c(Br)c1)c1cc(Br)c(O)c(Br)c1. The standard InChI is InChI=1S/C15H9Br3O3/c16-10-5-8(2-4-14(10)20)1-3-13(19)9-6-11(17)15(21)12(18)7-9/h1-7,20-21H/b3-1+. The number of hydrogen-bond acceptors (Lipinski definition) is 3. The molecule has 21 heavy (non-hydrogen) atoms. The van der Waals surface area contributed by atoms with Gasteiger partial charge in [0.15, 0.2) is 5.78 Å². The first-order valence-corrected chi connectivity index (χ1v) is 8.15. The highest BCUT2D eigenvalue weighted by Gasteiger charge is 2.09. The quantitative estimate of drug-likeness (QED) is 0.468. The highest BCUT2D eigenvalue weighted by atomic mass is 79.9. The van der Waals surface area contributed by atoms with Gasteiger partial charge in [-0.1, -0.05) is 12.1 Å². The number of aromatic hydroxyl groups is 2. The van der Waals surface area contributed by atoms with Crippen LogP contribution in [0.5, 0.6) is 11.5 Å².